The summed E-state index contributed by atoms with van der Waals surface area (Å²) in [6.45, 7) is 9.98. The second kappa shape index (κ2) is 13.2. The Hall–Kier alpha value is 0.752. The number of anilines is 2. The number of hydrogen-bond donors (Lipinski definition) is 0. The third-order valence-corrected chi connectivity index (χ3v) is 4.73. The molecule has 1 fully saturated rings. The summed E-state index contributed by atoms with van der Waals surface area (Å²) in [4.78, 5) is 15.1. The van der Waals surface area contributed by atoms with Gasteiger partial charge in [0.2, 0.25) is 0 Å². The first kappa shape index (κ1) is 28.8. The minimum atomic E-state index is -0.360. The van der Waals surface area contributed by atoms with Gasteiger partial charge in [0, 0.05) is 142 Å². The van der Waals surface area contributed by atoms with E-state index in [-0.39, 0.29) is 109 Å². The van der Waals surface area contributed by atoms with E-state index in [1.54, 1.807) is 12.1 Å². The standard InChI is InChI=1S/C20H23N3O2.3Y/c1-4-17-14-15(2)13-16(3)20(17)22-11-9-21(10-12-22)18-5-7-19(8-6-18)23(24)25;;;/h5-8H,4,9-12H2,1-3H3;;;/q-2;;;. The van der Waals surface area contributed by atoms with Crippen LogP contribution in [0.15, 0.2) is 24.3 Å². The Bertz CT molecular complexity index is 777. The zero-order valence-electron chi connectivity index (χ0n) is 16.7. The molecule has 2 aromatic carbocycles. The van der Waals surface area contributed by atoms with Crippen LogP contribution < -0.4 is 9.80 Å². The van der Waals surface area contributed by atoms with Crippen molar-refractivity contribution in [2.24, 2.45) is 0 Å². The van der Waals surface area contributed by atoms with E-state index in [9.17, 15) is 10.1 Å². The Kier molecular flexibility index (Phi) is 13.6. The van der Waals surface area contributed by atoms with E-state index in [0.29, 0.717) is 0 Å². The molecular formula is C20H23N3O2Y3-2. The van der Waals surface area contributed by atoms with Gasteiger partial charge in [-0.3, -0.25) is 26.8 Å². The van der Waals surface area contributed by atoms with Gasteiger partial charge in [-0.25, -0.2) is 0 Å². The summed E-state index contributed by atoms with van der Waals surface area (Å²) in [7, 11) is 0. The van der Waals surface area contributed by atoms with Crippen LogP contribution in [0.2, 0.25) is 0 Å². The minimum absolute atomic E-state index is 0. The molecule has 8 heteroatoms. The van der Waals surface area contributed by atoms with Gasteiger partial charge in [-0.15, -0.1) is 0 Å². The number of benzene rings is 2. The topological polar surface area (TPSA) is 49.6 Å². The number of nitrogens with zero attached hydrogens (tertiary/aromatic N) is 3. The average molecular weight is 604 g/mol. The molecule has 0 spiro atoms. The molecule has 2 aromatic rings. The third-order valence-electron chi connectivity index (χ3n) is 4.73. The van der Waals surface area contributed by atoms with Gasteiger partial charge in [0.1, 0.15) is 0 Å². The maximum absolute atomic E-state index is 10.8. The molecule has 3 rings (SSSR count). The Morgan fingerprint density at radius 2 is 1.50 bits per heavy atom. The van der Waals surface area contributed by atoms with Gasteiger partial charge in [-0.1, -0.05) is 27.2 Å². The van der Waals surface area contributed by atoms with Crippen LogP contribution in [0.4, 0.5) is 17.1 Å². The number of piperazine rings is 1. The van der Waals surface area contributed by atoms with Gasteiger partial charge in [0.15, 0.2) is 0 Å². The summed E-state index contributed by atoms with van der Waals surface area (Å²) in [5.41, 5.74) is 5.98. The van der Waals surface area contributed by atoms with Gasteiger partial charge in [-0.05, 0) is 12.1 Å². The fourth-order valence-corrected chi connectivity index (χ4v) is 3.54. The molecule has 0 aliphatic carbocycles. The van der Waals surface area contributed by atoms with Crippen molar-refractivity contribution in [3.63, 3.8) is 0 Å². The molecule has 0 atom stereocenters. The summed E-state index contributed by atoms with van der Waals surface area (Å²) >= 11 is 0. The van der Waals surface area contributed by atoms with E-state index >= 15 is 0 Å². The molecule has 141 valence electrons. The molecule has 28 heavy (non-hydrogen) atoms. The van der Waals surface area contributed by atoms with Crippen LogP contribution in [-0.2, 0) is 105 Å². The van der Waals surface area contributed by atoms with Crippen LogP contribution in [-0.4, -0.2) is 31.1 Å². The van der Waals surface area contributed by atoms with Crippen molar-refractivity contribution in [3.8, 4) is 0 Å². The smallest absolute Gasteiger partial charge is 0.269 e. The SMILES string of the molecule is CCc1[c-]c(C)[c-]c(C)c1N1CCN(c2ccc([N+](=O)[O-])cc2)CC1.[Y].[Y].[Y]. The molecule has 0 N–H and O–H groups in total. The van der Waals surface area contributed by atoms with Crippen LogP contribution in [0.1, 0.15) is 23.6 Å². The van der Waals surface area contributed by atoms with Crippen molar-refractivity contribution in [2.45, 2.75) is 27.2 Å². The van der Waals surface area contributed by atoms with Crippen molar-refractivity contribution in [2.75, 3.05) is 36.0 Å². The first-order valence-electron chi connectivity index (χ1n) is 8.68. The number of aryl methyl sites for hydroxylation is 3. The fraction of sp³-hybridized carbons (Fsp3) is 0.400. The maximum Gasteiger partial charge on any atom is 0.269 e. The van der Waals surface area contributed by atoms with Gasteiger partial charge in [0.25, 0.3) is 5.69 Å². The summed E-state index contributed by atoms with van der Waals surface area (Å²) in [6, 6.07) is 13.7. The minimum Gasteiger partial charge on any atom is -0.474 e. The van der Waals surface area contributed by atoms with Crippen molar-refractivity contribution >= 4 is 17.1 Å². The second-order valence-electron chi connectivity index (χ2n) is 6.43. The molecule has 1 saturated heterocycles. The second-order valence-corrected chi connectivity index (χ2v) is 6.43. The molecule has 1 aliphatic rings. The third kappa shape index (κ3) is 6.89. The van der Waals surface area contributed by atoms with E-state index in [0.717, 1.165) is 43.9 Å². The molecule has 1 heterocycles. The molecule has 3 radical (unpaired) electrons. The van der Waals surface area contributed by atoms with Crippen LogP contribution >= 0.6 is 0 Å². The van der Waals surface area contributed by atoms with Gasteiger partial charge >= 0.3 is 0 Å². The number of nitro benzene ring substituents is 1. The van der Waals surface area contributed by atoms with Crippen LogP contribution in [0.5, 0.6) is 0 Å². The molecule has 1 aliphatic heterocycles. The molecule has 0 bridgehead atoms. The van der Waals surface area contributed by atoms with Crippen molar-refractivity contribution < 1.29 is 103 Å². The maximum atomic E-state index is 10.8. The van der Waals surface area contributed by atoms with E-state index in [1.165, 1.54) is 16.8 Å². The largest absolute Gasteiger partial charge is 0.474 e. The molecule has 5 nitrogen and oxygen atoms in total. The molecular weight excluding hydrogens is 581 g/mol. The zero-order chi connectivity index (χ0) is 18.0. The Morgan fingerprint density at radius 3 is 2.00 bits per heavy atom. The summed E-state index contributed by atoms with van der Waals surface area (Å²) < 4.78 is 0. The normalized spacial score (nSPS) is 13.1. The predicted molar refractivity (Wildman–Crippen MR) is 100 cm³/mol. The van der Waals surface area contributed by atoms with Gasteiger partial charge in [0.05, 0.1) is 4.92 Å². The summed E-state index contributed by atoms with van der Waals surface area (Å²) in [6.07, 6.45) is 0.967. The number of rotatable bonds is 4. The van der Waals surface area contributed by atoms with Crippen molar-refractivity contribution in [1.29, 1.82) is 0 Å². The zero-order valence-corrected chi connectivity index (χ0v) is 25.3. The van der Waals surface area contributed by atoms with E-state index in [2.05, 4.69) is 35.8 Å². The average Bonchev–Trinajstić information content (AvgIpc) is 2.61. The Morgan fingerprint density at radius 1 is 0.964 bits per heavy atom. The number of nitro groups is 1. The van der Waals surface area contributed by atoms with Gasteiger partial charge < -0.3 is 21.9 Å². The Labute approximate surface area is 243 Å². The van der Waals surface area contributed by atoms with Crippen molar-refractivity contribution in [1.82, 2.24) is 0 Å². The number of non-ortho nitro benzene ring substituents is 1. The number of hydrogen-bond acceptors (Lipinski definition) is 4. The Balaban J connectivity index is 0.00000243. The molecule has 0 aromatic heterocycles. The van der Waals surface area contributed by atoms with Crippen LogP contribution in [0.3, 0.4) is 0 Å². The summed E-state index contributed by atoms with van der Waals surface area (Å²) in [5, 5.41) is 10.8. The van der Waals surface area contributed by atoms with Gasteiger partial charge in [-0.2, -0.15) is 5.69 Å². The monoisotopic (exact) mass is 604 g/mol. The predicted octanol–water partition coefficient (Wildman–Crippen LogP) is 3.69. The molecule has 0 saturated carbocycles. The first-order valence-corrected chi connectivity index (χ1v) is 8.68. The first-order chi connectivity index (χ1) is 12.0. The van der Waals surface area contributed by atoms with E-state index in [4.69, 9.17) is 0 Å². The van der Waals surface area contributed by atoms with E-state index < -0.39 is 0 Å². The quantitative estimate of drug-likeness (QED) is 0.304. The van der Waals surface area contributed by atoms with Crippen LogP contribution in [0.25, 0.3) is 0 Å². The van der Waals surface area contributed by atoms with E-state index in [1.807, 2.05) is 19.1 Å². The molecule has 0 unspecified atom stereocenters. The van der Waals surface area contributed by atoms with Crippen LogP contribution in [0, 0.1) is 36.1 Å². The van der Waals surface area contributed by atoms with Crippen molar-refractivity contribution in [3.05, 3.63) is 63.2 Å². The molecule has 0 amide bonds. The summed E-state index contributed by atoms with van der Waals surface area (Å²) in [5.74, 6) is 0. The fourth-order valence-electron chi connectivity index (χ4n) is 3.54.